The molecule has 0 aromatic carbocycles. The standard InChI is InChI=1S/C8H15NO2.C3H5NO.ClH/c1-7(2)8(10)11-6-5-9(3)4;1-2-3(4)5;/h1,5-6H2,2-4H3;2H,1H2,(H2,4,5);1H. The van der Waals surface area contributed by atoms with Gasteiger partial charge in [-0.25, -0.2) is 4.79 Å². The molecule has 0 atom stereocenters. The maximum atomic E-state index is 10.8. The number of nitrogens with zero attached hydrogens (tertiary/aromatic N) is 1. The Morgan fingerprint density at radius 1 is 1.41 bits per heavy atom. The summed E-state index contributed by atoms with van der Waals surface area (Å²) >= 11 is 0. The molecule has 0 aliphatic carbocycles. The van der Waals surface area contributed by atoms with E-state index >= 15 is 0 Å². The van der Waals surface area contributed by atoms with Crippen LogP contribution in [0.25, 0.3) is 0 Å². The Labute approximate surface area is 109 Å². The fourth-order valence-corrected chi connectivity index (χ4v) is 0.444. The Kier molecular flexibility index (Phi) is 15.7. The molecule has 0 bridgehead atoms. The molecule has 0 aromatic rings. The van der Waals surface area contributed by atoms with E-state index in [0.717, 1.165) is 12.6 Å². The molecule has 0 saturated carbocycles. The molecule has 5 nitrogen and oxygen atoms in total. The summed E-state index contributed by atoms with van der Waals surface area (Å²) in [6, 6.07) is 0. The van der Waals surface area contributed by atoms with E-state index in [1.165, 1.54) is 0 Å². The number of ether oxygens (including phenoxy) is 1. The van der Waals surface area contributed by atoms with Gasteiger partial charge >= 0.3 is 5.97 Å². The van der Waals surface area contributed by atoms with Gasteiger partial charge in [0.25, 0.3) is 0 Å². The summed E-state index contributed by atoms with van der Waals surface area (Å²) in [6.45, 7) is 9.37. The van der Waals surface area contributed by atoms with Crippen LogP contribution in [0.3, 0.4) is 0 Å². The topological polar surface area (TPSA) is 72.6 Å². The third kappa shape index (κ3) is 20.7. The number of carbonyl (C=O) groups is 2. The Balaban J connectivity index is -0.000000280. The lowest BCUT2D eigenvalue weighted by atomic mass is 10.4. The summed E-state index contributed by atoms with van der Waals surface area (Å²) in [5.74, 6) is -0.795. The Morgan fingerprint density at radius 3 is 2.06 bits per heavy atom. The van der Waals surface area contributed by atoms with Gasteiger partial charge in [-0.3, -0.25) is 4.79 Å². The first kappa shape index (κ1) is 21.0. The molecule has 0 spiro atoms. The van der Waals surface area contributed by atoms with Crippen molar-refractivity contribution in [3.63, 3.8) is 0 Å². The molecule has 0 unspecified atom stereocenters. The molecule has 0 aliphatic heterocycles. The third-order valence-electron chi connectivity index (χ3n) is 1.32. The van der Waals surface area contributed by atoms with Gasteiger partial charge in [0.05, 0.1) is 0 Å². The molecule has 0 heterocycles. The van der Waals surface area contributed by atoms with Crippen molar-refractivity contribution in [2.45, 2.75) is 6.92 Å². The SMILES string of the molecule is C=C(C)C(=O)OCCN(C)C.C=CC(N)=O.Cl. The van der Waals surface area contributed by atoms with E-state index in [-0.39, 0.29) is 18.4 Å². The van der Waals surface area contributed by atoms with E-state index in [2.05, 4.69) is 18.9 Å². The van der Waals surface area contributed by atoms with Crippen LogP contribution in [0.2, 0.25) is 0 Å². The predicted octanol–water partition coefficient (Wildman–Crippen LogP) is 0.747. The van der Waals surface area contributed by atoms with E-state index < -0.39 is 5.91 Å². The van der Waals surface area contributed by atoms with E-state index in [4.69, 9.17) is 4.74 Å². The average Bonchev–Trinajstić information content (AvgIpc) is 2.17. The summed E-state index contributed by atoms with van der Waals surface area (Å²) in [5, 5.41) is 0. The van der Waals surface area contributed by atoms with Crippen molar-refractivity contribution in [1.82, 2.24) is 4.90 Å². The molecular formula is C11H21ClN2O3. The summed E-state index contributed by atoms with van der Waals surface area (Å²) in [5.41, 5.74) is 4.98. The van der Waals surface area contributed by atoms with Crippen molar-refractivity contribution < 1.29 is 14.3 Å². The van der Waals surface area contributed by atoms with Crippen molar-refractivity contribution in [1.29, 1.82) is 0 Å². The molecule has 6 heteroatoms. The van der Waals surface area contributed by atoms with Crippen molar-refractivity contribution in [3.05, 3.63) is 24.8 Å². The Morgan fingerprint density at radius 2 is 1.82 bits per heavy atom. The zero-order valence-electron chi connectivity index (χ0n) is 10.6. The first-order valence-electron chi connectivity index (χ1n) is 4.70. The molecule has 0 rings (SSSR count). The molecule has 100 valence electrons. The number of nitrogens with two attached hydrogens (primary N) is 1. The zero-order valence-corrected chi connectivity index (χ0v) is 11.4. The minimum absolute atomic E-state index is 0. The van der Waals surface area contributed by atoms with Crippen molar-refractivity contribution in [3.8, 4) is 0 Å². The van der Waals surface area contributed by atoms with Crippen LogP contribution in [0, 0.1) is 0 Å². The second-order valence-electron chi connectivity index (χ2n) is 3.33. The second-order valence-corrected chi connectivity index (χ2v) is 3.33. The minimum Gasteiger partial charge on any atom is -0.461 e. The van der Waals surface area contributed by atoms with Crippen LogP contribution in [0.1, 0.15) is 6.92 Å². The highest BCUT2D eigenvalue weighted by molar-refractivity contribution is 5.86. The second kappa shape index (κ2) is 12.7. The van der Waals surface area contributed by atoms with Crippen LogP contribution in [0.15, 0.2) is 24.8 Å². The number of likely N-dealkylation sites (N-methyl/N-ethyl adjacent to an activating group) is 1. The fraction of sp³-hybridized carbons (Fsp3) is 0.455. The summed E-state index contributed by atoms with van der Waals surface area (Å²) in [7, 11) is 3.85. The summed E-state index contributed by atoms with van der Waals surface area (Å²) in [6.07, 6.45) is 1.06. The van der Waals surface area contributed by atoms with E-state index in [9.17, 15) is 9.59 Å². The maximum Gasteiger partial charge on any atom is 0.333 e. The van der Waals surface area contributed by atoms with Gasteiger partial charge in [0.1, 0.15) is 6.61 Å². The smallest absolute Gasteiger partial charge is 0.333 e. The maximum absolute atomic E-state index is 10.8. The number of halogens is 1. The number of rotatable bonds is 5. The number of carbonyl (C=O) groups excluding carboxylic acids is 2. The van der Waals surface area contributed by atoms with Crippen molar-refractivity contribution in [2.75, 3.05) is 27.2 Å². The lowest BCUT2D eigenvalue weighted by Gasteiger charge is -2.09. The van der Waals surface area contributed by atoms with Crippen LogP contribution < -0.4 is 5.73 Å². The van der Waals surface area contributed by atoms with Gasteiger partial charge < -0.3 is 15.4 Å². The highest BCUT2D eigenvalue weighted by atomic mass is 35.5. The fourth-order valence-electron chi connectivity index (χ4n) is 0.444. The first-order chi connectivity index (χ1) is 7.31. The number of amides is 1. The van der Waals surface area contributed by atoms with Crippen molar-refractivity contribution in [2.24, 2.45) is 5.73 Å². The van der Waals surface area contributed by atoms with Gasteiger partial charge in [0.15, 0.2) is 0 Å². The molecule has 17 heavy (non-hydrogen) atoms. The lowest BCUT2D eigenvalue weighted by Crippen LogP contribution is -2.20. The number of esters is 1. The largest absolute Gasteiger partial charge is 0.461 e. The third-order valence-corrected chi connectivity index (χ3v) is 1.32. The summed E-state index contributed by atoms with van der Waals surface area (Å²) in [4.78, 5) is 22.2. The highest BCUT2D eigenvalue weighted by Gasteiger charge is 2.01. The van der Waals surface area contributed by atoms with Gasteiger partial charge in [0, 0.05) is 12.1 Å². The van der Waals surface area contributed by atoms with E-state index in [0.29, 0.717) is 12.2 Å². The van der Waals surface area contributed by atoms with Crippen molar-refractivity contribution >= 4 is 24.3 Å². The molecular weight excluding hydrogens is 244 g/mol. The summed E-state index contributed by atoms with van der Waals surface area (Å²) < 4.78 is 4.83. The highest BCUT2D eigenvalue weighted by Crippen LogP contribution is 1.91. The van der Waals surface area contributed by atoms with Gasteiger partial charge in [0.2, 0.25) is 5.91 Å². The van der Waals surface area contributed by atoms with Gasteiger partial charge in [-0.15, -0.1) is 12.4 Å². The minimum atomic E-state index is -0.481. The molecule has 2 N–H and O–H groups in total. The van der Waals surface area contributed by atoms with Crippen LogP contribution >= 0.6 is 12.4 Å². The van der Waals surface area contributed by atoms with Crippen LogP contribution in [-0.2, 0) is 14.3 Å². The molecule has 0 saturated heterocycles. The average molecular weight is 265 g/mol. The van der Waals surface area contributed by atoms with Gasteiger partial charge in [-0.05, 0) is 27.1 Å². The van der Waals surface area contributed by atoms with Gasteiger partial charge in [-0.2, -0.15) is 0 Å². The number of hydrogen-bond donors (Lipinski definition) is 1. The number of hydrogen-bond acceptors (Lipinski definition) is 4. The monoisotopic (exact) mass is 264 g/mol. The van der Waals surface area contributed by atoms with Crippen LogP contribution in [0.4, 0.5) is 0 Å². The van der Waals surface area contributed by atoms with E-state index in [1.54, 1.807) is 6.92 Å². The normalized spacial score (nSPS) is 8.24. The zero-order chi connectivity index (χ0) is 13.1. The lowest BCUT2D eigenvalue weighted by molar-refractivity contribution is -0.139. The Bertz CT molecular complexity index is 265. The first-order valence-corrected chi connectivity index (χ1v) is 4.70. The molecule has 0 radical (unpaired) electrons. The van der Waals surface area contributed by atoms with Gasteiger partial charge in [-0.1, -0.05) is 13.2 Å². The van der Waals surface area contributed by atoms with E-state index in [1.807, 2.05) is 19.0 Å². The van der Waals surface area contributed by atoms with Crippen LogP contribution in [0.5, 0.6) is 0 Å². The Hall–Kier alpha value is -1.33. The number of primary amides is 1. The quantitative estimate of drug-likeness (QED) is 0.587. The molecule has 1 amide bonds. The molecule has 0 aliphatic rings. The van der Waals surface area contributed by atoms with Crippen LogP contribution in [-0.4, -0.2) is 44.0 Å². The molecule has 0 aromatic heterocycles. The predicted molar refractivity (Wildman–Crippen MR) is 71.0 cm³/mol. The molecule has 0 fully saturated rings.